The zero-order valence-electron chi connectivity index (χ0n) is 13.2. The number of benzene rings is 2. The molecule has 0 atom stereocenters. The molecule has 1 N–H and O–H groups in total. The molecule has 3 rings (SSSR count). The fourth-order valence-electron chi connectivity index (χ4n) is 2.14. The molecule has 3 aromatic rings. The number of nitro groups is 1. The molecule has 7 nitrogen and oxygen atoms in total. The summed E-state index contributed by atoms with van der Waals surface area (Å²) in [5, 5.41) is 17.5. The van der Waals surface area contributed by atoms with Gasteiger partial charge in [0.1, 0.15) is 5.75 Å². The van der Waals surface area contributed by atoms with Crippen molar-refractivity contribution < 1.29 is 9.66 Å². The summed E-state index contributed by atoms with van der Waals surface area (Å²) >= 11 is 1.40. The Morgan fingerprint density at radius 3 is 2.72 bits per heavy atom. The summed E-state index contributed by atoms with van der Waals surface area (Å²) in [5.74, 6) is 0.784. The van der Waals surface area contributed by atoms with E-state index in [1.54, 1.807) is 25.3 Å². The summed E-state index contributed by atoms with van der Waals surface area (Å²) in [5.41, 5.74) is 5.01. The predicted octanol–water partition coefficient (Wildman–Crippen LogP) is 4.17. The molecule has 25 heavy (non-hydrogen) atoms. The van der Waals surface area contributed by atoms with Gasteiger partial charge in [0.05, 0.1) is 29.5 Å². The van der Waals surface area contributed by atoms with Crippen molar-refractivity contribution in [2.75, 3.05) is 12.5 Å². The Morgan fingerprint density at radius 1 is 1.24 bits per heavy atom. The highest BCUT2D eigenvalue weighted by Gasteiger charge is 2.10. The van der Waals surface area contributed by atoms with Crippen molar-refractivity contribution >= 4 is 28.4 Å². The quantitative estimate of drug-likeness (QED) is 0.407. The minimum atomic E-state index is -0.438. The lowest BCUT2D eigenvalue weighted by Gasteiger charge is -2.00. The largest absolute Gasteiger partial charge is 0.497 e. The first-order valence-corrected chi connectivity index (χ1v) is 8.18. The number of para-hydroxylation sites is 1. The standard InChI is InChI=1S/C17H14N4O3S/c1-24-14-8-6-12(7-9-14)15-11-25-17(19-15)20-18-10-13-4-2-3-5-16(13)21(22)23/h2-11H,1H3,(H,19,20)/b18-10-. The number of nitrogens with one attached hydrogen (secondary N) is 1. The molecule has 0 unspecified atom stereocenters. The van der Waals surface area contributed by atoms with Crippen LogP contribution in [-0.2, 0) is 0 Å². The summed E-state index contributed by atoms with van der Waals surface area (Å²) < 4.78 is 5.13. The Bertz CT molecular complexity index is 906. The molecule has 0 radical (unpaired) electrons. The van der Waals surface area contributed by atoms with E-state index < -0.39 is 4.92 Å². The Labute approximate surface area is 147 Å². The van der Waals surface area contributed by atoms with Gasteiger partial charge in [0.25, 0.3) is 5.69 Å². The number of methoxy groups -OCH3 is 1. The molecule has 2 aromatic carbocycles. The van der Waals surface area contributed by atoms with Gasteiger partial charge < -0.3 is 4.74 Å². The number of ether oxygens (including phenoxy) is 1. The van der Waals surface area contributed by atoms with Crippen LogP contribution in [0.25, 0.3) is 11.3 Å². The highest BCUT2D eigenvalue weighted by molar-refractivity contribution is 7.14. The van der Waals surface area contributed by atoms with Gasteiger partial charge in [-0.15, -0.1) is 11.3 Å². The van der Waals surface area contributed by atoms with Crippen molar-refractivity contribution in [3.8, 4) is 17.0 Å². The predicted molar refractivity (Wildman–Crippen MR) is 98.4 cm³/mol. The van der Waals surface area contributed by atoms with E-state index in [0.717, 1.165) is 17.0 Å². The molecule has 8 heteroatoms. The second kappa shape index (κ2) is 7.54. The zero-order valence-corrected chi connectivity index (χ0v) is 14.1. The van der Waals surface area contributed by atoms with Crippen LogP contribution in [0.5, 0.6) is 5.75 Å². The monoisotopic (exact) mass is 354 g/mol. The summed E-state index contributed by atoms with van der Waals surface area (Å²) in [6.07, 6.45) is 1.41. The topological polar surface area (TPSA) is 89.6 Å². The fraction of sp³-hybridized carbons (Fsp3) is 0.0588. The van der Waals surface area contributed by atoms with Crippen LogP contribution in [0.3, 0.4) is 0 Å². The third-order valence-corrected chi connectivity index (χ3v) is 4.13. The lowest BCUT2D eigenvalue weighted by atomic mass is 10.2. The van der Waals surface area contributed by atoms with Gasteiger partial charge in [-0.1, -0.05) is 12.1 Å². The molecule has 126 valence electrons. The fourth-order valence-corrected chi connectivity index (χ4v) is 2.81. The third-order valence-electron chi connectivity index (χ3n) is 3.39. The average molecular weight is 354 g/mol. The molecule has 0 aliphatic rings. The van der Waals surface area contributed by atoms with Crippen LogP contribution < -0.4 is 10.2 Å². The Morgan fingerprint density at radius 2 is 2.00 bits per heavy atom. The first-order chi connectivity index (χ1) is 12.2. The van der Waals surface area contributed by atoms with Crippen LogP contribution in [-0.4, -0.2) is 23.2 Å². The third kappa shape index (κ3) is 3.99. The van der Waals surface area contributed by atoms with Gasteiger partial charge in [-0.25, -0.2) is 4.98 Å². The van der Waals surface area contributed by atoms with Crippen LogP contribution in [0, 0.1) is 10.1 Å². The van der Waals surface area contributed by atoms with Crippen LogP contribution in [0.15, 0.2) is 59.0 Å². The van der Waals surface area contributed by atoms with E-state index in [-0.39, 0.29) is 5.69 Å². The number of hydrazone groups is 1. The normalized spacial score (nSPS) is 10.8. The number of nitro benzene ring substituents is 1. The molecule has 0 fully saturated rings. The Hall–Kier alpha value is -3.26. The molecule has 0 spiro atoms. The van der Waals surface area contributed by atoms with Crippen molar-refractivity contribution in [2.24, 2.45) is 5.10 Å². The van der Waals surface area contributed by atoms with Gasteiger partial charge in [-0.3, -0.25) is 15.5 Å². The highest BCUT2D eigenvalue weighted by Crippen LogP contribution is 2.26. The number of rotatable bonds is 6. The van der Waals surface area contributed by atoms with Crippen LogP contribution in [0.4, 0.5) is 10.8 Å². The summed E-state index contributed by atoms with van der Waals surface area (Å²) in [6.45, 7) is 0. The van der Waals surface area contributed by atoms with E-state index in [0.29, 0.717) is 10.7 Å². The molecule has 0 aliphatic heterocycles. The van der Waals surface area contributed by atoms with E-state index in [2.05, 4.69) is 15.5 Å². The average Bonchev–Trinajstić information content (AvgIpc) is 3.11. The molecule has 1 aromatic heterocycles. The molecular formula is C17H14N4O3S. The number of nitrogens with zero attached hydrogens (tertiary/aromatic N) is 3. The van der Waals surface area contributed by atoms with Crippen molar-refractivity contribution in [1.82, 2.24) is 4.98 Å². The Kier molecular flexibility index (Phi) is 5.00. The maximum Gasteiger partial charge on any atom is 0.278 e. The minimum absolute atomic E-state index is 0.00566. The minimum Gasteiger partial charge on any atom is -0.497 e. The Balaban J connectivity index is 1.70. The summed E-state index contributed by atoms with van der Waals surface area (Å²) in [7, 11) is 1.62. The highest BCUT2D eigenvalue weighted by atomic mass is 32.1. The van der Waals surface area contributed by atoms with Gasteiger partial charge >= 0.3 is 0 Å². The maximum absolute atomic E-state index is 11.0. The van der Waals surface area contributed by atoms with Gasteiger partial charge in [0.2, 0.25) is 5.13 Å². The van der Waals surface area contributed by atoms with Gasteiger partial charge in [-0.2, -0.15) is 5.10 Å². The van der Waals surface area contributed by atoms with Crippen molar-refractivity contribution in [3.05, 3.63) is 69.6 Å². The second-order valence-electron chi connectivity index (χ2n) is 4.95. The van der Waals surface area contributed by atoms with E-state index in [9.17, 15) is 10.1 Å². The lowest BCUT2D eigenvalue weighted by molar-refractivity contribution is -0.385. The maximum atomic E-state index is 11.0. The van der Waals surface area contributed by atoms with Crippen molar-refractivity contribution in [1.29, 1.82) is 0 Å². The lowest BCUT2D eigenvalue weighted by Crippen LogP contribution is -1.96. The number of thiazole rings is 1. The molecule has 0 saturated carbocycles. The van der Waals surface area contributed by atoms with Crippen LogP contribution in [0.1, 0.15) is 5.56 Å². The SMILES string of the molecule is COc1ccc(-c2csc(N/N=C\c3ccccc3[N+](=O)[O-])n2)cc1. The molecule has 0 amide bonds. The van der Waals surface area contributed by atoms with Crippen molar-refractivity contribution in [3.63, 3.8) is 0 Å². The number of aromatic nitrogens is 1. The van der Waals surface area contributed by atoms with E-state index >= 15 is 0 Å². The van der Waals surface area contributed by atoms with Gasteiger partial charge in [-0.05, 0) is 30.3 Å². The summed E-state index contributed by atoms with van der Waals surface area (Å²) in [6, 6.07) is 14.0. The van der Waals surface area contributed by atoms with Crippen LogP contribution >= 0.6 is 11.3 Å². The second-order valence-corrected chi connectivity index (χ2v) is 5.81. The zero-order chi connectivity index (χ0) is 17.6. The summed E-state index contributed by atoms with van der Waals surface area (Å²) in [4.78, 5) is 15.0. The van der Waals surface area contributed by atoms with E-state index in [1.165, 1.54) is 23.6 Å². The number of hydrogen-bond donors (Lipinski definition) is 1. The van der Waals surface area contributed by atoms with Crippen LogP contribution in [0.2, 0.25) is 0 Å². The molecule has 0 bridgehead atoms. The van der Waals surface area contributed by atoms with Crippen molar-refractivity contribution in [2.45, 2.75) is 0 Å². The smallest absolute Gasteiger partial charge is 0.278 e. The number of anilines is 1. The molecule has 1 heterocycles. The number of hydrogen-bond acceptors (Lipinski definition) is 7. The van der Waals surface area contributed by atoms with Gasteiger partial charge in [0.15, 0.2) is 0 Å². The first-order valence-electron chi connectivity index (χ1n) is 7.30. The molecule has 0 saturated heterocycles. The van der Waals surface area contributed by atoms with E-state index in [1.807, 2.05) is 29.6 Å². The molecular weight excluding hydrogens is 340 g/mol. The first kappa shape index (κ1) is 16.6. The van der Waals surface area contributed by atoms with Gasteiger partial charge in [0, 0.05) is 17.0 Å². The molecule has 0 aliphatic carbocycles. The van der Waals surface area contributed by atoms with E-state index in [4.69, 9.17) is 4.74 Å².